The number of rotatable bonds is 3. The van der Waals surface area contributed by atoms with E-state index in [-0.39, 0.29) is 18.1 Å². The molecule has 0 spiro atoms. The summed E-state index contributed by atoms with van der Waals surface area (Å²) in [6.45, 7) is 6.06. The largest absolute Gasteiger partial charge is 0.373 e. The molecule has 1 saturated heterocycles. The standard InChI is InChI=1S/C11H17N3O2S/c1-8-5-14(6-9(2)16-8)7-10(15)13-11-12-3-4-17-11/h3-4,8-9H,5-7H2,1-2H3,(H,12,13,15)/t8-,9+. The van der Waals surface area contributed by atoms with Crippen LogP contribution in [0.2, 0.25) is 0 Å². The molecule has 1 fully saturated rings. The minimum atomic E-state index is -0.0127. The Hall–Kier alpha value is -0.980. The van der Waals surface area contributed by atoms with Crippen molar-refractivity contribution in [1.82, 2.24) is 9.88 Å². The highest BCUT2D eigenvalue weighted by Gasteiger charge is 2.23. The van der Waals surface area contributed by atoms with Crippen LogP contribution in [0, 0.1) is 0 Å². The van der Waals surface area contributed by atoms with Crippen LogP contribution in [0.1, 0.15) is 13.8 Å². The maximum absolute atomic E-state index is 11.8. The number of hydrogen-bond donors (Lipinski definition) is 1. The van der Waals surface area contributed by atoms with Gasteiger partial charge in [-0.2, -0.15) is 0 Å². The number of carbonyl (C=O) groups excluding carboxylic acids is 1. The molecule has 5 nitrogen and oxygen atoms in total. The number of carbonyl (C=O) groups is 1. The molecular formula is C11H17N3O2S. The first-order chi connectivity index (χ1) is 8.13. The average molecular weight is 255 g/mol. The Kier molecular flexibility index (Phi) is 4.09. The Balaban J connectivity index is 1.82. The highest BCUT2D eigenvalue weighted by Crippen LogP contribution is 2.12. The van der Waals surface area contributed by atoms with Crippen molar-refractivity contribution in [3.05, 3.63) is 11.6 Å². The molecule has 94 valence electrons. The molecule has 6 heteroatoms. The summed E-state index contributed by atoms with van der Waals surface area (Å²) in [4.78, 5) is 17.9. The van der Waals surface area contributed by atoms with Gasteiger partial charge in [-0.25, -0.2) is 4.98 Å². The summed E-state index contributed by atoms with van der Waals surface area (Å²) in [6, 6.07) is 0. The molecule has 1 aliphatic rings. The van der Waals surface area contributed by atoms with E-state index in [9.17, 15) is 4.79 Å². The van der Waals surface area contributed by atoms with Gasteiger partial charge in [-0.3, -0.25) is 9.69 Å². The van der Waals surface area contributed by atoms with Crippen molar-refractivity contribution in [2.24, 2.45) is 0 Å². The van der Waals surface area contributed by atoms with E-state index in [1.807, 2.05) is 19.2 Å². The molecule has 1 N–H and O–H groups in total. The SMILES string of the molecule is C[C@@H]1CN(CC(=O)Nc2nccs2)C[C@H](C)O1. The van der Waals surface area contributed by atoms with Crippen molar-refractivity contribution in [2.75, 3.05) is 25.0 Å². The predicted molar refractivity (Wildman–Crippen MR) is 67.2 cm³/mol. The molecule has 0 aliphatic carbocycles. The number of hydrogen-bond acceptors (Lipinski definition) is 5. The first kappa shape index (κ1) is 12.5. The molecule has 2 atom stereocenters. The van der Waals surface area contributed by atoms with Crippen molar-refractivity contribution in [3.63, 3.8) is 0 Å². The van der Waals surface area contributed by atoms with E-state index in [0.29, 0.717) is 11.7 Å². The van der Waals surface area contributed by atoms with E-state index < -0.39 is 0 Å². The molecule has 1 aromatic rings. The van der Waals surface area contributed by atoms with Crippen LogP contribution in [0.5, 0.6) is 0 Å². The number of nitrogens with one attached hydrogen (secondary N) is 1. The number of nitrogens with zero attached hydrogens (tertiary/aromatic N) is 2. The molecule has 0 unspecified atom stereocenters. The van der Waals surface area contributed by atoms with E-state index in [1.54, 1.807) is 6.20 Å². The second kappa shape index (κ2) is 5.57. The fraction of sp³-hybridized carbons (Fsp3) is 0.636. The normalized spacial score (nSPS) is 25.8. The van der Waals surface area contributed by atoms with Gasteiger partial charge >= 0.3 is 0 Å². The summed E-state index contributed by atoms with van der Waals surface area (Å²) in [5.41, 5.74) is 0. The highest BCUT2D eigenvalue weighted by atomic mass is 32.1. The summed E-state index contributed by atoms with van der Waals surface area (Å²) >= 11 is 1.43. The minimum Gasteiger partial charge on any atom is -0.373 e. The van der Waals surface area contributed by atoms with Gasteiger partial charge in [0.2, 0.25) is 5.91 Å². The zero-order valence-electron chi connectivity index (χ0n) is 10.0. The Morgan fingerprint density at radius 3 is 2.88 bits per heavy atom. The summed E-state index contributed by atoms with van der Waals surface area (Å²) in [6.07, 6.45) is 2.05. The number of morpholine rings is 1. The van der Waals surface area contributed by atoms with Gasteiger partial charge in [0.1, 0.15) is 0 Å². The lowest BCUT2D eigenvalue weighted by Gasteiger charge is -2.34. The molecular weight excluding hydrogens is 238 g/mol. The van der Waals surface area contributed by atoms with E-state index in [4.69, 9.17) is 4.74 Å². The number of thiazole rings is 1. The Morgan fingerprint density at radius 1 is 1.59 bits per heavy atom. The van der Waals surface area contributed by atoms with Gasteiger partial charge in [0.25, 0.3) is 0 Å². The lowest BCUT2D eigenvalue weighted by Crippen LogP contribution is -2.48. The van der Waals surface area contributed by atoms with Crippen LogP contribution in [0.15, 0.2) is 11.6 Å². The van der Waals surface area contributed by atoms with Crippen LogP contribution in [0.25, 0.3) is 0 Å². The molecule has 1 amide bonds. The average Bonchev–Trinajstić information content (AvgIpc) is 2.67. The van der Waals surface area contributed by atoms with Crippen molar-refractivity contribution in [2.45, 2.75) is 26.1 Å². The number of anilines is 1. The van der Waals surface area contributed by atoms with Crippen molar-refractivity contribution in [3.8, 4) is 0 Å². The smallest absolute Gasteiger partial charge is 0.240 e. The Labute approximate surface area is 105 Å². The molecule has 0 radical (unpaired) electrons. The summed E-state index contributed by atoms with van der Waals surface area (Å²) < 4.78 is 5.62. The van der Waals surface area contributed by atoms with Crippen molar-refractivity contribution < 1.29 is 9.53 Å². The Morgan fingerprint density at radius 2 is 2.29 bits per heavy atom. The molecule has 0 bridgehead atoms. The fourth-order valence-electron chi connectivity index (χ4n) is 2.06. The van der Waals surface area contributed by atoms with E-state index in [1.165, 1.54) is 11.3 Å². The first-order valence-corrected chi connectivity index (χ1v) is 6.58. The zero-order chi connectivity index (χ0) is 12.3. The van der Waals surface area contributed by atoms with E-state index in [2.05, 4.69) is 15.2 Å². The number of ether oxygens (including phenoxy) is 1. The molecule has 1 aromatic heterocycles. The first-order valence-electron chi connectivity index (χ1n) is 5.70. The van der Waals surface area contributed by atoms with E-state index in [0.717, 1.165) is 13.1 Å². The molecule has 0 saturated carbocycles. The van der Waals surface area contributed by atoms with Crippen LogP contribution < -0.4 is 5.32 Å². The van der Waals surface area contributed by atoms with Gasteiger partial charge in [-0.1, -0.05) is 0 Å². The summed E-state index contributed by atoms with van der Waals surface area (Å²) in [5, 5.41) is 5.28. The predicted octanol–water partition coefficient (Wildman–Crippen LogP) is 1.19. The quantitative estimate of drug-likeness (QED) is 0.881. The molecule has 0 aromatic carbocycles. The van der Waals surface area contributed by atoms with Crippen LogP contribution in [-0.4, -0.2) is 47.6 Å². The maximum Gasteiger partial charge on any atom is 0.240 e. The van der Waals surface area contributed by atoms with Gasteiger partial charge in [0.15, 0.2) is 5.13 Å². The second-order valence-corrected chi connectivity index (χ2v) is 5.23. The summed E-state index contributed by atoms with van der Waals surface area (Å²) in [7, 11) is 0. The van der Waals surface area contributed by atoms with Crippen molar-refractivity contribution >= 4 is 22.4 Å². The van der Waals surface area contributed by atoms with Crippen LogP contribution in [0.4, 0.5) is 5.13 Å². The monoisotopic (exact) mass is 255 g/mol. The third-order valence-electron chi connectivity index (χ3n) is 2.54. The van der Waals surface area contributed by atoms with Crippen molar-refractivity contribution in [1.29, 1.82) is 0 Å². The molecule has 17 heavy (non-hydrogen) atoms. The lowest BCUT2D eigenvalue weighted by molar-refractivity contribution is -0.121. The minimum absolute atomic E-state index is 0.0127. The lowest BCUT2D eigenvalue weighted by atomic mass is 10.2. The van der Waals surface area contributed by atoms with Gasteiger partial charge in [0, 0.05) is 24.7 Å². The van der Waals surface area contributed by atoms with Gasteiger partial charge in [-0.05, 0) is 13.8 Å². The Bertz CT molecular complexity index is 359. The van der Waals surface area contributed by atoms with E-state index >= 15 is 0 Å². The topological polar surface area (TPSA) is 54.5 Å². The summed E-state index contributed by atoms with van der Waals surface area (Å²) in [5.74, 6) is -0.0127. The van der Waals surface area contributed by atoms with Gasteiger partial charge < -0.3 is 10.1 Å². The molecule has 1 aliphatic heterocycles. The van der Waals surface area contributed by atoms with Crippen LogP contribution in [0.3, 0.4) is 0 Å². The fourth-order valence-corrected chi connectivity index (χ4v) is 2.61. The molecule has 2 rings (SSSR count). The van der Waals surface area contributed by atoms with Gasteiger partial charge in [0.05, 0.1) is 18.8 Å². The number of amides is 1. The van der Waals surface area contributed by atoms with Crippen LogP contribution in [-0.2, 0) is 9.53 Å². The third kappa shape index (κ3) is 3.76. The maximum atomic E-state index is 11.8. The van der Waals surface area contributed by atoms with Crippen LogP contribution >= 0.6 is 11.3 Å². The molecule has 2 heterocycles. The second-order valence-electron chi connectivity index (χ2n) is 4.34. The third-order valence-corrected chi connectivity index (χ3v) is 3.23. The number of aromatic nitrogens is 1. The zero-order valence-corrected chi connectivity index (χ0v) is 10.9. The van der Waals surface area contributed by atoms with Gasteiger partial charge in [-0.15, -0.1) is 11.3 Å². The highest BCUT2D eigenvalue weighted by molar-refractivity contribution is 7.13.